The summed E-state index contributed by atoms with van der Waals surface area (Å²) in [5.41, 5.74) is 1.13. The summed E-state index contributed by atoms with van der Waals surface area (Å²) in [6, 6.07) is -0.0211. The first-order chi connectivity index (χ1) is 9.49. The molecule has 0 atom stereocenters. The van der Waals surface area contributed by atoms with Crippen molar-refractivity contribution in [2.75, 3.05) is 40.3 Å². The van der Waals surface area contributed by atoms with Crippen LogP contribution in [0.25, 0.3) is 0 Å². The topological polar surface area (TPSA) is 69.6 Å². The number of carbonyl (C=O) groups is 2. The van der Waals surface area contributed by atoms with E-state index in [1.54, 1.807) is 35.0 Å². The van der Waals surface area contributed by atoms with E-state index in [2.05, 4.69) is 9.97 Å². The maximum atomic E-state index is 12.2. The van der Waals surface area contributed by atoms with Crippen LogP contribution in [0.2, 0.25) is 0 Å². The van der Waals surface area contributed by atoms with Crippen LogP contribution in [0.15, 0.2) is 12.4 Å². The van der Waals surface area contributed by atoms with Crippen LogP contribution in [0.3, 0.4) is 0 Å². The first kappa shape index (κ1) is 14.2. The molecule has 0 bridgehead atoms. The number of carbonyl (C=O) groups excluding carboxylic acids is 2. The van der Waals surface area contributed by atoms with E-state index in [4.69, 9.17) is 0 Å². The molecule has 1 saturated heterocycles. The minimum atomic E-state index is -0.130. The first-order valence-corrected chi connectivity index (χ1v) is 6.53. The number of rotatable bonds is 1. The predicted octanol–water partition coefficient (Wildman–Crippen LogP) is 0.224. The lowest BCUT2D eigenvalue weighted by atomic mass is 10.3. The maximum Gasteiger partial charge on any atom is 0.319 e. The Balaban J connectivity index is 1.95. The Bertz CT molecular complexity index is 492. The van der Waals surface area contributed by atoms with E-state index in [1.807, 2.05) is 6.92 Å². The van der Waals surface area contributed by atoms with Gasteiger partial charge >= 0.3 is 6.03 Å². The molecule has 3 amide bonds. The van der Waals surface area contributed by atoms with Gasteiger partial charge in [-0.05, 0) is 6.92 Å². The van der Waals surface area contributed by atoms with E-state index in [9.17, 15) is 9.59 Å². The molecule has 1 aromatic rings. The summed E-state index contributed by atoms with van der Waals surface area (Å²) in [5.74, 6) is -0.130. The zero-order valence-corrected chi connectivity index (χ0v) is 12.0. The molecule has 1 aliphatic heterocycles. The van der Waals surface area contributed by atoms with Crippen LogP contribution in [0.5, 0.6) is 0 Å². The van der Waals surface area contributed by atoms with Crippen molar-refractivity contribution in [2.45, 2.75) is 6.92 Å². The van der Waals surface area contributed by atoms with Crippen molar-refractivity contribution in [1.29, 1.82) is 0 Å². The van der Waals surface area contributed by atoms with Crippen LogP contribution in [-0.2, 0) is 0 Å². The fraction of sp³-hybridized carbons (Fsp3) is 0.538. The molecule has 7 nitrogen and oxygen atoms in total. The van der Waals surface area contributed by atoms with Crippen molar-refractivity contribution in [3.05, 3.63) is 23.8 Å². The number of nitrogens with zero attached hydrogens (tertiary/aromatic N) is 5. The molecule has 1 fully saturated rings. The van der Waals surface area contributed by atoms with Gasteiger partial charge in [0, 0.05) is 46.5 Å². The van der Waals surface area contributed by atoms with Crippen molar-refractivity contribution in [3.63, 3.8) is 0 Å². The van der Waals surface area contributed by atoms with E-state index in [0.717, 1.165) is 5.69 Å². The quantitative estimate of drug-likeness (QED) is 0.736. The maximum absolute atomic E-state index is 12.2. The van der Waals surface area contributed by atoms with E-state index < -0.39 is 0 Å². The average molecular weight is 277 g/mol. The zero-order valence-electron chi connectivity index (χ0n) is 12.0. The molecule has 0 spiro atoms. The summed E-state index contributed by atoms with van der Waals surface area (Å²) in [7, 11) is 3.45. The molecule has 0 aromatic carbocycles. The summed E-state index contributed by atoms with van der Waals surface area (Å²) in [5, 5.41) is 0. The Kier molecular flexibility index (Phi) is 4.16. The predicted molar refractivity (Wildman–Crippen MR) is 73.3 cm³/mol. The molecule has 1 aliphatic rings. The Morgan fingerprint density at radius 1 is 1.05 bits per heavy atom. The molecule has 7 heteroatoms. The number of aryl methyl sites for hydroxylation is 1. The lowest BCUT2D eigenvalue weighted by molar-refractivity contribution is 0.0644. The standard InChI is InChI=1S/C13H19N5O2/c1-10-8-15-11(9-14-10)12(19)17-4-6-18(7-5-17)13(20)16(2)3/h8-9H,4-7H2,1-3H3. The highest BCUT2D eigenvalue weighted by Gasteiger charge is 2.26. The highest BCUT2D eigenvalue weighted by molar-refractivity contribution is 5.92. The number of hydrogen-bond donors (Lipinski definition) is 0. The second-order valence-electron chi connectivity index (χ2n) is 5.00. The Morgan fingerprint density at radius 2 is 1.65 bits per heavy atom. The number of amides is 3. The van der Waals surface area contributed by atoms with Crippen molar-refractivity contribution >= 4 is 11.9 Å². The van der Waals surface area contributed by atoms with Gasteiger partial charge in [-0.1, -0.05) is 0 Å². The summed E-state index contributed by atoms with van der Waals surface area (Å²) < 4.78 is 0. The molecular weight excluding hydrogens is 258 g/mol. The number of aromatic nitrogens is 2. The fourth-order valence-electron chi connectivity index (χ4n) is 2.05. The third-order valence-corrected chi connectivity index (χ3v) is 3.22. The molecule has 0 unspecified atom stereocenters. The van der Waals surface area contributed by atoms with E-state index in [-0.39, 0.29) is 11.9 Å². The molecule has 0 radical (unpaired) electrons. The van der Waals surface area contributed by atoms with E-state index in [0.29, 0.717) is 31.9 Å². The van der Waals surface area contributed by atoms with Crippen LogP contribution in [0.1, 0.15) is 16.2 Å². The second-order valence-corrected chi connectivity index (χ2v) is 5.00. The van der Waals surface area contributed by atoms with Crippen molar-refractivity contribution in [2.24, 2.45) is 0 Å². The number of urea groups is 1. The minimum absolute atomic E-state index is 0.0211. The summed E-state index contributed by atoms with van der Waals surface area (Å²) in [4.78, 5) is 37.2. The summed E-state index contributed by atoms with van der Waals surface area (Å²) in [6.07, 6.45) is 3.08. The highest BCUT2D eigenvalue weighted by Crippen LogP contribution is 2.08. The van der Waals surface area contributed by atoms with Crippen LogP contribution < -0.4 is 0 Å². The molecule has 20 heavy (non-hydrogen) atoms. The summed E-state index contributed by atoms with van der Waals surface area (Å²) in [6.45, 7) is 3.96. The monoisotopic (exact) mass is 277 g/mol. The normalized spacial score (nSPS) is 15.2. The molecule has 2 heterocycles. The molecule has 108 valence electrons. The SMILES string of the molecule is Cc1cnc(C(=O)N2CCN(C(=O)N(C)C)CC2)cn1. The molecule has 1 aromatic heterocycles. The lowest BCUT2D eigenvalue weighted by Crippen LogP contribution is -2.53. The highest BCUT2D eigenvalue weighted by atomic mass is 16.2. The van der Waals surface area contributed by atoms with Gasteiger partial charge in [0.05, 0.1) is 11.9 Å². The van der Waals surface area contributed by atoms with Crippen molar-refractivity contribution < 1.29 is 9.59 Å². The first-order valence-electron chi connectivity index (χ1n) is 6.53. The number of piperazine rings is 1. The van der Waals surface area contributed by atoms with Gasteiger partial charge in [-0.15, -0.1) is 0 Å². The van der Waals surface area contributed by atoms with Crippen LogP contribution in [-0.4, -0.2) is 76.9 Å². The van der Waals surface area contributed by atoms with Crippen molar-refractivity contribution in [1.82, 2.24) is 24.7 Å². The largest absolute Gasteiger partial charge is 0.334 e. The van der Waals surface area contributed by atoms with E-state index >= 15 is 0 Å². The number of hydrogen-bond acceptors (Lipinski definition) is 4. The van der Waals surface area contributed by atoms with Gasteiger partial charge in [0.2, 0.25) is 0 Å². The average Bonchev–Trinajstić information content (AvgIpc) is 2.46. The van der Waals surface area contributed by atoms with Gasteiger partial charge in [0.1, 0.15) is 5.69 Å². The molecule has 0 saturated carbocycles. The minimum Gasteiger partial charge on any atom is -0.334 e. The van der Waals surface area contributed by atoms with Crippen LogP contribution in [0, 0.1) is 6.92 Å². The third kappa shape index (κ3) is 3.04. The Labute approximate surface area is 118 Å². The Hall–Kier alpha value is -2.18. The van der Waals surface area contributed by atoms with Gasteiger partial charge in [0.15, 0.2) is 0 Å². The second kappa shape index (κ2) is 5.85. The van der Waals surface area contributed by atoms with Gasteiger partial charge in [-0.25, -0.2) is 9.78 Å². The summed E-state index contributed by atoms with van der Waals surface area (Å²) >= 11 is 0. The van der Waals surface area contributed by atoms with Gasteiger partial charge in [-0.2, -0.15) is 0 Å². The van der Waals surface area contributed by atoms with Gasteiger partial charge < -0.3 is 14.7 Å². The third-order valence-electron chi connectivity index (χ3n) is 3.22. The van der Waals surface area contributed by atoms with Gasteiger partial charge in [0.25, 0.3) is 5.91 Å². The molecule has 2 rings (SSSR count). The molecule has 0 aliphatic carbocycles. The van der Waals surface area contributed by atoms with E-state index in [1.165, 1.54) is 6.20 Å². The molecule has 0 N–H and O–H groups in total. The van der Waals surface area contributed by atoms with Gasteiger partial charge in [-0.3, -0.25) is 9.78 Å². The van der Waals surface area contributed by atoms with Crippen molar-refractivity contribution in [3.8, 4) is 0 Å². The zero-order chi connectivity index (χ0) is 14.7. The van der Waals surface area contributed by atoms with Crippen LogP contribution >= 0.6 is 0 Å². The Morgan fingerprint density at radius 3 is 2.15 bits per heavy atom. The van der Waals surface area contributed by atoms with Crippen LogP contribution in [0.4, 0.5) is 4.79 Å². The smallest absolute Gasteiger partial charge is 0.319 e. The molecular formula is C13H19N5O2. The lowest BCUT2D eigenvalue weighted by Gasteiger charge is -2.35. The fourth-order valence-corrected chi connectivity index (χ4v) is 2.05.